The van der Waals surface area contributed by atoms with Gasteiger partial charge in [-0.05, 0) is 42.0 Å². The molecule has 0 saturated heterocycles. The Morgan fingerprint density at radius 3 is 2.75 bits per heavy atom. The molecule has 0 bridgehead atoms. The number of phenols is 1. The summed E-state index contributed by atoms with van der Waals surface area (Å²) in [5.41, 5.74) is 2.86. The van der Waals surface area contributed by atoms with E-state index in [0.29, 0.717) is 27.4 Å². The molecule has 2 N–H and O–H groups in total. The van der Waals surface area contributed by atoms with Gasteiger partial charge in [-0.3, -0.25) is 9.78 Å². The number of phenolic OH excluding ortho intramolecular Hbond substituents is 1. The lowest BCUT2D eigenvalue weighted by molar-refractivity contribution is -0.111. The third-order valence-electron chi connectivity index (χ3n) is 3.98. The number of aromatic hydroxyl groups is 1. The number of hydrogen-bond acceptors (Lipinski definition) is 5. The van der Waals surface area contributed by atoms with Crippen molar-refractivity contribution in [3.05, 3.63) is 77.6 Å². The third kappa shape index (κ3) is 3.87. The largest absolute Gasteiger partial charge is 0.507 e. The lowest BCUT2D eigenvalue weighted by atomic mass is 10.1. The number of nitrogens with one attached hydrogen (secondary N) is 1. The Balaban J connectivity index is 1.55. The third-order valence-corrected chi connectivity index (χ3v) is 4.23. The molecule has 138 valence electrons. The predicted molar refractivity (Wildman–Crippen MR) is 108 cm³/mol. The van der Waals surface area contributed by atoms with Crippen LogP contribution in [0.5, 0.6) is 5.75 Å². The summed E-state index contributed by atoms with van der Waals surface area (Å²) in [7, 11) is 0. The average Bonchev–Trinajstić information content (AvgIpc) is 3.13. The number of benzene rings is 2. The number of nitrogens with zero attached hydrogens (tertiary/aromatic N) is 2. The van der Waals surface area contributed by atoms with Crippen LogP contribution in [0.2, 0.25) is 5.02 Å². The van der Waals surface area contributed by atoms with Crippen molar-refractivity contribution in [3.8, 4) is 17.2 Å². The van der Waals surface area contributed by atoms with Crippen LogP contribution in [0.15, 0.2) is 71.4 Å². The molecule has 2 aromatic carbocycles. The van der Waals surface area contributed by atoms with Gasteiger partial charge in [0.25, 0.3) is 0 Å². The van der Waals surface area contributed by atoms with Gasteiger partial charge in [-0.15, -0.1) is 0 Å². The number of pyridine rings is 1. The first-order valence-electron chi connectivity index (χ1n) is 8.37. The van der Waals surface area contributed by atoms with E-state index in [1.807, 2.05) is 12.1 Å². The van der Waals surface area contributed by atoms with E-state index in [2.05, 4.69) is 15.3 Å². The van der Waals surface area contributed by atoms with E-state index in [4.69, 9.17) is 16.0 Å². The van der Waals surface area contributed by atoms with Crippen molar-refractivity contribution >= 4 is 40.4 Å². The maximum Gasteiger partial charge on any atom is 0.248 e. The van der Waals surface area contributed by atoms with Crippen LogP contribution < -0.4 is 5.32 Å². The van der Waals surface area contributed by atoms with Crippen molar-refractivity contribution in [1.82, 2.24) is 9.97 Å². The topological polar surface area (TPSA) is 88.2 Å². The molecule has 28 heavy (non-hydrogen) atoms. The number of anilines is 1. The molecular formula is C21H14ClN3O3. The minimum atomic E-state index is -0.312. The Morgan fingerprint density at radius 2 is 1.96 bits per heavy atom. The van der Waals surface area contributed by atoms with Gasteiger partial charge in [0.15, 0.2) is 5.58 Å². The summed E-state index contributed by atoms with van der Waals surface area (Å²) in [4.78, 5) is 20.5. The van der Waals surface area contributed by atoms with E-state index in [1.54, 1.807) is 48.8 Å². The lowest BCUT2D eigenvalue weighted by Gasteiger charge is -2.06. The van der Waals surface area contributed by atoms with Crippen molar-refractivity contribution in [2.24, 2.45) is 0 Å². The summed E-state index contributed by atoms with van der Waals surface area (Å²) in [6.07, 6.45) is 6.27. The van der Waals surface area contributed by atoms with E-state index in [1.165, 1.54) is 12.1 Å². The Hall–Kier alpha value is -3.64. The van der Waals surface area contributed by atoms with Crippen LogP contribution >= 0.6 is 11.6 Å². The van der Waals surface area contributed by atoms with Gasteiger partial charge in [-0.2, -0.15) is 0 Å². The zero-order chi connectivity index (χ0) is 19.5. The van der Waals surface area contributed by atoms with Crippen LogP contribution in [0.3, 0.4) is 0 Å². The number of hydrogen-bond donors (Lipinski definition) is 2. The summed E-state index contributed by atoms with van der Waals surface area (Å²) >= 11 is 5.85. The van der Waals surface area contributed by atoms with Gasteiger partial charge in [0.05, 0.1) is 11.8 Å². The Bertz CT molecular complexity index is 1150. The molecule has 0 aliphatic carbocycles. The van der Waals surface area contributed by atoms with Gasteiger partial charge < -0.3 is 14.8 Å². The summed E-state index contributed by atoms with van der Waals surface area (Å²) in [6.45, 7) is 0. The first-order chi connectivity index (χ1) is 13.6. The molecule has 2 aromatic heterocycles. The molecule has 0 radical (unpaired) electrons. The highest BCUT2D eigenvalue weighted by atomic mass is 35.5. The second-order valence-electron chi connectivity index (χ2n) is 5.97. The minimum absolute atomic E-state index is 0.00535. The fraction of sp³-hybridized carbons (Fsp3) is 0. The number of fused-ring (bicyclic) bond motifs is 1. The molecule has 0 aliphatic heterocycles. The van der Waals surface area contributed by atoms with Crippen LogP contribution in [-0.2, 0) is 4.79 Å². The van der Waals surface area contributed by atoms with Crippen LogP contribution in [0.4, 0.5) is 5.69 Å². The number of amides is 1. The first kappa shape index (κ1) is 17.8. The van der Waals surface area contributed by atoms with Gasteiger partial charge in [0, 0.05) is 29.0 Å². The highest BCUT2D eigenvalue weighted by molar-refractivity contribution is 6.30. The van der Waals surface area contributed by atoms with Gasteiger partial charge in [-0.25, -0.2) is 4.98 Å². The second-order valence-corrected chi connectivity index (χ2v) is 6.40. The number of halogens is 1. The van der Waals surface area contributed by atoms with E-state index in [9.17, 15) is 9.90 Å². The summed E-state index contributed by atoms with van der Waals surface area (Å²) in [5, 5.41) is 13.6. The Labute approximate surface area is 165 Å². The maximum absolute atomic E-state index is 12.2. The standard InChI is InChI=1S/C21H14ClN3O3/c22-14-4-1-13(2-5-14)3-8-20(27)24-15-6-7-18(26)16(11-15)21-25-17-12-23-10-9-19(17)28-21/h1-12,26H,(H,24,27). The number of carbonyl (C=O) groups is 1. The monoisotopic (exact) mass is 391 g/mol. The van der Waals surface area contributed by atoms with E-state index in [0.717, 1.165) is 5.56 Å². The Kier molecular flexibility index (Phi) is 4.78. The van der Waals surface area contributed by atoms with E-state index < -0.39 is 0 Å². The molecule has 6 nitrogen and oxygen atoms in total. The fourth-order valence-corrected chi connectivity index (χ4v) is 2.74. The number of carbonyl (C=O) groups excluding carboxylic acids is 1. The first-order valence-corrected chi connectivity index (χ1v) is 8.75. The summed E-state index contributed by atoms with van der Waals surface area (Å²) < 4.78 is 5.66. The molecule has 0 aliphatic rings. The van der Waals surface area contributed by atoms with Crippen LogP contribution in [0.25, 0.3) is 28.6 Å². The minimum Gasteiger partial charge on any atom is -0.507 e. The molecule has 2 heterocycles. The van der Waals surface area contributed by atoms with E-state index in [-0.39, 0.29) is 17.5 Å². The number of oxazole rings is 1. The zero-order valence-electron chi connectivity index (χ0n) is 14.5. The zero-order valence-corrected chi connectivity index (χ0v) is 15.2. The Morgan fingerprint density at radius 1 is 1.14 bits per heavy atom. The van der Waals surface area contributed by atoms with Crippen LogP contribution in [-0.4, -0.2) is 21.0 Å². The summed E-state index contributed by atoms with van der Waals surface area (Å²) in [6, 6.07) is 13.5. The van der Waals surface area contributed by atoms with Gasteiger partial charge in [0.2, 0.25) is 11.8 Å². The number of rotatable bonds is 4. The van der Waals surface area contributed by atoms with Gasteiger partial charge in [-0.1, -0.05) is 23.7 Å². The SMILES string of the molecule is O=C(C=Cc1ccc(Cl)cc1)Nc1ccc(O)c(-c2nc3cnccc3o2)c1. The quantitative estimate of drug-likeness (QED) is 0.381. The molecule has 1 amide bonds. The maximum atomic E-state index is 12.2. The molecule has 0 fully saturated rings. The lowest BCUT2D eigenvalue weighted by Crippen LogP contribution is -2.07. The molecule has 4 aromatic rings. The van der Waals surface area contributed by atoms with Crippen LogP contribution in [0, 0.1) is 0 Å². The molecule has 7 heteroatoms. The summed E-state index contributed by atoms with van der Waals surface area (Å²) in [5.74, 6) is -0.0733. The predicted octanol–water partition coefficient (Wildman–Crippen LogP) is 4.90. The molecule has 0 unspecified atom stereocenters. The second kappa shape index (κ2) is 7.54. The molecule has 0 spiro atoms. The van der Waals surface area contributed by atoms with Crippen molar-refractivity contribution < 1.29 is 14.3 Å². The highest BCUT2D eigenvalue weighted by Gasteiger charge is 2.13. The highest BCUT2D eigenvalue weighted by Crippen LogP contribution is 2.33. The number of aromatic nitrogens is 2. The van der Waals surface area contributed by atoms with Gasteiger partial charge in [0.1, 0.15) is 11.3 Å². The normalized spacial score (nSPS) is 11.2. The smallest absolute Gasteiger partial charge is 0.248 e. The fourth-order valence-electron chi connectivity index (χ4n) is 2.61. The average molecular weight is 392 g/mol. The molecule has 0 saturated carbocycles. The molecule has 4 rings (SSSR count). The van der Waals surface area contributed by atoms with Crippen molar-refractivity contribution in [1.29, 1.82) is 0 Å². The van der Waals surface area contributed by atoms with Crippen molar-refractivity contribution in [2.75, 3.05) is 5.32 Å². The van der Waals surface area contributed by atoms with Crippen molar-refractivity contribution in [3.63, 3.8) is 0 Å². The molecule has 0 atom stereocenters. The van der Waals surface area contributed by atoms with Crippen molar-refractivity contribution in [2.45, 2.75) is 0 Å². The molecular weight excluding hydrogens is 378 g/mol. The van der Waals surface area contributed by atoms with Crippen LogP contribution in [0.1, 0.15) is 5.56 Å². The van der Waals surface area contributed by atoms with Gasteiger partial charge >= 0.3 is 0 Å². The van der Waals surface area contributed by atoms with E-state index >= 15 is 0 Å².